The fourth-order valence-corrected chi connectivity index (χ4v) is 2.64. The van der Waals surface area contributed by atoms with Gasteiger partial charge in [-0.15, -0.1) is 0 Å². The first-order valence-corrected chi connectivity index (χ1v) is 6.76. The Morgan fingerprint density at radius 1 is 1.16 bits per heavy atom. The van der Waals surface area contributed by atoms with Gasteiger partial charge in [0.1, 0.15) is 5.75 Å². The average molecular weight is 268 g/mol. The van der Waals surface area contributed by atoms with Gasteiger partial charge < -0.3 is 10.1 Å². The molecule has 1 aliphatic carbocycles. The smallest absolute Gasteiger partial charge is 0.387 e. The molecule has 1 N–H and O–H groups in total. The molecular formula is C14H18F2N2O. The molecule has 19 heavy (non-hydrogen) atoms. The van der Waals surface area contributed by atoms with E-state index in [0.717, 1.165) is 31.2 Å². The van der Waals surface area contributed by atoms with Gasteiger partial charge in [0, 0.05) is 30.9 Å². The zero-order chi connectivity index (χ0) is 13.2. The fourth-order valence-electron chi connectivity index (χ4n) is 2.64. The molecule has 1 unspecified atom stereocenters. The Hall–Kier alpha value is -1.36. The SMILES string of the molecule is FC(F)Oc1ccc(NC2CCN(C3CC3)C2)cc1. The second-order valence-electron chi connectivity index (χ2n) is 5.26. The molecule has 1 aromatic carbocycles. The number of hydrogen-bond acceptors (Lipinski definition) is 3. The maximum atomic E-state index is 12.0. The van der Waals surface area contributed by atoms with Crippen molar-refractivity contribution >= 4 is 5.69 Å². The van der Waals surface area contributed by atoms with Gasteiger partial charge >= 0.3 is 6.61 Å². The second kappa shape index (κ2) is 5.33. The zero-order valence-electron chi connectivity index (χ0n) is 10.7. The normalized spacial score (nSPS) is 23.8. The van der Waals surface area contributed by atoms with Crippen LogP contribution in [-0.2, 0) is 0 Å². The van der Waals surface area contributed by atoms with E-state index in [0.29, 0.717) is 6.04 Å². The quantitative estimate of drug-likeness (QED) is 0.888. The highest BCUT2D eigenvalue weighted by molar-refractivity contribution is 5.47. The summed E-state index contributed by atoms with van der Waals surface area (Å²) in [6.45, 7) is -0.518. The minimum absolute atomic E-state index is 0.201. The van der Waals surface area contributed by atoms with Crippen LogP contribution in [0.5, 0.6) is 5.75 Å². The second-order valence-corrected chi connectivity index (χ2v) is 5.26. The van der Waals surface area contributed by atoms with Gasteiger partial charge in [0.25, 0.3) is 0 Å². The Labute approximate surface area is 111 Å². The van der Waals surface area contributed by atoms with E-state index in [1.807, 2.05) is 0 Å². The topological polar surface area (TPSA) is 24.5 Å². The van der Waals surface area contributed by atoms with E-state index in [1.165, 1.54) is 12.8 Å². The highest BCUT2D eigenvalue weighted by Gasteiger charge is 2.34. The number of benzene rings is 1. The summed E-state index contributed by atoms with van der Waals surface area (Å²) in [6.07, 6.45) is 3.82. The molecule has 0 radical (unpaired) electrons. The van der Waals surface area contributed by atoms with Gasteiger partial charge in [0.05, 0.1) is 0 Å². The Morgan fingerprint density at radius 2 is 1.89 bits per heavy atom. The third-order valence-corrected chi connectivity index (χ3v) is 3.73. The lowest BCUT2D eigenvalue weighted by Crippen LogP contribution is -2.27. The van der Waals surface area contributed by atoms with E-state index in [2.05, 4.69) is 15.0 Å². The van der Waals surface area contributed by atoms with Crippen LogP contribution in [0.2, 0.25) is 0 Å². The van der Waals surface area contributed by atoms with E-state index in [9.17, 15) is 8.78 Å². The van der Waals surface area contributed by atoms with Gasteiger partial charge in [-0.1, -0.05) is 0 Å². The Balaban J connectivity index is 1.52. The predicted octanol–water partition coefficient (Wildman–Crippen LogP) is 2.94. The van der Waals surface area contributed by atoms with Crippen molar-refractivity contribution < 1.29 is 13.5 Å². The summed E-state index contributed by atoms with van der Waals surface area (Å²) >= 11 is 0. The number of ether oxygens (including phenoxy) is 1. The highest BCUT2D eigenvalue weighted by Crippen LogP contribution is 2.30. The molecule has 1 aromatic rings. The molecule has 0 aromatic heterocycles. The van der Waals surface area contributed by atoms with Crippen LogP contribution in [0.15, 0.2) is 24.3 Å². The van der Waals surface area contributed by atoms with E-state index >= 15 is 0 Å². The molecule has 0 spiro atoms. The van der Waals surface area contributed by atoms with Gasteiger partial charge in [-0.2, -0.15) is 8.78 Å². The minimum Gasteiger partial charge on any atom is -0.435 e. The number of nitrogens with one attached hydrogen (secondary N) is 1. The van der Waals surface area contributed by atoms with Crippen LogP contribution in [-0.4, -0.2) is 36.7 Å². The van der Waals surface area contributed by atoms with Crippen molar-refractivity contribution in [3.8, 4) is 5.75 Å². The van der Waals surface area contributed by atoms with E-state index in [4.69, 9.17) is 0 Å². The third-order valence-electron chi connectivity index (χ3n) is 3.73. The first kappa shape index (κ1) is 12.7. The summed E-state index contributed by atoms with van der Waals surface area (Å²) in [5, 5.41) is 3.45. The molecule has 0 amide bonds. The number of nitrogens with zero attached hydrogens (tertiary/aromatic N) is 1. The van der Waals surface area contributed by atoms with Crippen molar-refractivity contribution in [2.75, 3.05) is 18.4 Å². The molecule has 1 saturated carbocycles. The molecule has 5 heteroatoms. The number of rotatable bonds is 5. The van der Waals surface area contributed by atoms with Crippen molar-refractivity contribution in [1.82, 2.24) is 4.90 Å². The molecule has 2 aliphatic rings. The third kappa shape index (κ3) is 3.35. The van der Waals surface area contributed by atoms with Crippen LogP contribution >= 0.6 is 0 Å². The van der Waals surface area contributed by atoms with E-state index in [1.54, 1.807) is 24.3 Å². The summed E-state index contributed by atoms with van der Waals surface area (Å²) in [6, 6.07) is 8.00. The average Bonchev–Trinajstić information content (AvgIpc) is 3.12. The van der Waals surface area contributed by atoms with E-state index < -0.39 is 6.61 Å². The number of likely N-dealkylation sites (tertiary alicyclic amines) is 1. The van der Waals surface area contributed by atoms with Crippen LogP contribution < -0.4 is 10.1 Å². The lowest BCUT2D eigenvalue weighted by atomic mass is 10.2. The summed E-state index contributed by atoms with van der Waals surface area (Å²) in [5.41, 5.74) is 0.962. The predicted molar refractivity (Wildman–Crippen MR) is 69.7 cm³/mol. The minimum atomic E-state index is -2.76. The largest absolute Gasteiger partial charge is 0.435 e. The Morgan fingerprint density at radius 3 is 2.53 bits per heavy atom. The van der Waals surface area contributed by atoms with Crippen molar-refractivity contribution in [3.05, 3.63) is 24.3 Å². The van der Waals surface area contributed by atoms with Crippen LogP contribution in [0, 0.1) is 0 Å². The lowest BCUT2D eigenvalue weighted by Gasteiger charge is -2.17. The van der Waals surface area contributed by atoms with Gasteiger partial charge in [-0.05, 0) is 43.5 Å². The first-order valence-electron chi connectivity index (χ1n) is 6.76. The van der Waals surface area contributed by atoms with Crippen LogP contribution in [0.4, 0.5) is 14.5 Å². The molecule has 1 saturated heterocycles. The Bertz CT molecular complexity index is 420. The maximum absolute atomic E-state index is 12.0. The maximum Gasteiger partial charge on any atom is 0.387 e. The van der Waals surface area contributed by atoms with Crippen molar-refractivity contribution in [2.24, 2.45) is 0 Å². The van der Waals surface area contributed by atoms with Crippen molar-refractivity contribution in [3.63, 3.8) is 0 Å². The molecule has 1 atom stereocenters. The molecule has 1 aliphatic heterocycles. The van der Waals surface area contributed by atoms with E-state index in [-0.39, 0.29) is 5.75 Å². The van der Waals surface area contributed by atoms with Crippen molar-refractivity contribution in [1.29, 1.82) is 0 Å². The number of anilines is 1. The van der Waals surface area contributed by atoms with Crippen LogP contribution in [0.1, 0.15) is 19.3 Å². The molecular weight excluding hydrogens is 250 g/mol. The summed E-state index contributed by atoms with van der Waals surface area (Å²) in [5.74, 6) is 0.201. The highest BCUT2D eigenvalue weighted by atomic mass is 19.3. The number of hydrogen-bond donors (Lipinski definition) is 1. The lowest BCUT2D eigenvalue weighted by molar-refractivity contribution is -0.0498. The summed E-state index contributed by atoms with van der Waals surface area (Å²) < 4.78 is 28.4. The Kier molecular flexibility index (Phi) is 3.55. The van der Waals surface area contributed by atoms with Crippen LogP contribution in [0.25, 0.3) is 0 Å². The van der Waals surface area contributed by atoms with Crippen molar-refractivity contribution in [2.45, 2.75) is 38.0 Å². The number of alkyl halides is 2. The molecule has 0 bridgehead atoms. The van der Waals surface area contributed by atoms with Gasteiger partial charge in [0.2, 0.25) is 0 Å². The van der Waals surface area contributed by atoms with Gasteiger partial charge in [0.15, 0.2) is 0 Å². The molecule has 2 fully saturated rings. The summed E-state index contributed by atoms with van der Waals surface area (Å²) in [4.78, 5) is 2.53. The van der Waals surface area contributed by atoms with Gasteiger partial charge in [-0.3, -0.25) is 4.90 Å². The van der Waals surface area contributed by atoms with Gasteiger partial charge in [-0.25, -0.2) is 0 Å². The number of halogens is 2. The molecule has 1 heterocycles. The first-order chi connectivity index (χ1) is 9.20. The molecule has 3 nitrogen and oxygen atoms in total. The standard InChI is InChI=1S/C14H18F2N2O/c15-14(16)19-13-5-1-10(2-6-13)17-11-7-8-18(9-11)12-3-4-12/h1-2,5-6,11-12,14,17H,3-4,7-9H2. The molecule has 104 valence electrons. The monoisotopic (exact) mass is 268 g/mol. The summed E-state index contributed by atoms with van der Waals surface area (Å²) in [7, 11) is 0. The fraction of sp³-hybridized carbons (Fsp3) is 0.571. The molecule has 3 rings (SSSR count). The van der Waals surface area contributed by atoms with Crippen LogP contribution in [0.3, 0.4) is 0 Å². The zero-order valence-corrected chi connectivity index (χ0v) is 10.7.